The first-order chi connectivity index (χ1) is 13.9. The molecule has 6 heteroatoms. The quantitative estimate of drug-likeness (QED) is 0.514. The maximum atomic E-state index is 13.1. The van der Waals surface area contributed by atoms with Gasteiger partial charge in [-0.3, -0.25) is 9.59 Å². The van der Waals surface area contributed by atoms with Gasteiger partial charge in [0, 0.05) is 17.7 Å². The molecule has 2 aromatic carbocycles. The normalized spacial score (nSPS) is 26.5. The van der Waals surface area contributed by atoms with Crippen LogP contribution in [0.1, 0.15) is 22.8 Å². The molecule has 0 N–H and O–H groups in total. The topological polar surface area (TPSA) is 46.6 Å². The summed E-state index contributed by atoms with van der Waals surface area (Å²) in [6.07, 6.45) is 3.79. The van der Waals surface area contributed by atoms with Gasteiger partial charge in [0.25, 0.3) is 5.91 Å². The van der Waals surface area contributed by atoms with E-state index in [0.717, 1.165) is 5.56 Å². The molecule has 1 saturated carbocycles. The zero-order valence-corrected chi connectivity index (χ0v) is 17.4. The van der Waals surface area contributed by atoms with Crippen LogP contribution in [-0.4, -0.2) is 33.8 Å². The van der Waals surface area contributed by atoms with E-state index in [1.54, 1.807) is 48.4 Å². The lowest BCUT2D eigenvalue weighted by atomic mass is 9.75. The number of nitrogens with zero attached hydrogens (tertiary/aromatic N) is 1. The molecular formula is C23H21Cl2NO3. The van der Waals surface area contributed by atoms with E-state index in [1.807, 2.05) is 36.4 Å². The van der Waals surface area contributed by atoms with Crippen molar-refractivity contribution in [3.63, 3.8) is 0 Å². The average molecular weight is 430 g/mol. The van der Waals surface area contributed by atoms with Crippen molar-refractivity contribution in [1.29, 1.82) is 0 Å². The Morgan fingerprint density at radius 2 is 1.66 bits per heavy atom. The second-order valence-corrected chi connectivity index (χ2v) is 8.86. The zero-order valence-electron chi connectivity index (χ0n) is 15.9. The van der Waals surface area contributed by atoms with E-state index in [2.05, 4.69) is 0 Å². The average Bonchev–Trinajstić information content (AvgIpc) is 3.32. The van der Waals surface area contributed by atoms with Crippen LogP contribution in [0.3, 0.4) is 0 Å². The van der Waals surface area contributed by atoms with Crippen LogP contribution in [0, 0.1) is 11.3 Å². The predicted octanol–water partition coefficient (Wildman–Crippen LogP) is 4.62. The van der Waals surface area contributed by atoms with Gasteiger partial charge in [-0.2, -0.15) is 0 Å². The number of benzene rings is 2. The van der Waals surface area contributed by atoms with Crippen LogP contribution in [0.4, 0.5) is 0 Å². The van der Waals surface area contributed by atoms with E-state index in [0.29, 0.717) is 12.0 Å². The smallest absolute Gasteiger partial charge is 0.316 e. The first kappa shape index (κ1) is 20.0. The number of halogens is 2. The summed E-state index contributed by atoms with van der Waals surface area (Å²) in [5.74, 6) is -1.03. The summed E-state index contributed by atoms with van der Waals surface area (Å²) in [4.78, 5) is 27.7. The minimum absolute atomic E-state index is 0.197. The van der Waals surface area contributed by atoms with Crippen LogP contribution in [0.15, 0.2) is 72.9 Å². The molecule has 0 spiro atoms. The Morgan fingerprint density at radius 1 is 1.03 bits per heavy atom. The molecule has 2 aliphatic rings. The van der Waals surface area contributed by atoms with Crippen molar-refractivity contribution in [2.75, 3.05) is 6.61 Å². The first-order valence-corrected chi connectivity index (χ1v) is 10.3. The number of esters is 1. The van der Waals surface area contributed by atoms with Crippen LogP contribution in [0.2, 0.25) is 0 Å². The summed E-state index contributed by atoms with van der Waals surface area (Å²) < 4.78 is 4.18. The molecule has 2 aromatic rings. The van der Waals surface area contributed by atoms with Gasteiger partial charge in [0.05, 0.1) is 18.1 Å². The standard InChI is InChI=1S/C23H21Cl2NO3/c1-2-29-21(28)22(15-16-9-5-3-6-10-16)13-14-26(19-18(22)23(19,24)25)20(27)17-11-7-4-8-12-17/h3-14,18-19H,2,15H2,1H3/t18-,19+,22+/m1/s1. The van der Waals surface area contributed by atoms with Crippen molar-refractivity contribution >= 4 is 35.1 Å². The molecule has 1 amide bonds. The van der Waals surface area contributed by atoms with Gasteiger partial charge in [-0.05, 0) is 31.0 Å². The van der Waals surface area contributed by atoms with Crippen LogP contribution >= 0.6 is 23.2 Å². The number of alkyl halides is 2. The van der Waals surface area contributed by atoms with E-state index < -0.39 is 21.7 Å². The third kappa shape index (κ3) is 3.34. The molecular weight excluding hydrogens is 409 g/mol. The number of fused-ring (bicyclic) bond motifs is 1. The Bertz CT molecular complexity index is 945. The molecule has 4 nitrogen and oxygen atoms in total. The maximum Gasteiger partial charge on any atom is 0.316 e. The summed E-state index contributed by atoms with van der Waals surface area (Å²) in [7, 11) is 0. The molecule has 0 aromatic heterocycles. The van der Waals surface area contributed by atoms with Crippen molar-refractivity contribution in [3.8, 4) is 0 Å². The monoisotopic (exact) mass is 429 g/mol. The van der Waals surface area contributed by atoms with Crippen molar-refractivity contribution in [1.82, 2.24) is 4.90 Å². The van der Waals surface area contributed by atoms with Crippen molar-refractivity contribution in [3.05, 3.63) is 84.1 Å². The Balaban J connectivity index is 1.74. The summed E-state index contributed by atoms with van der Waals surface area (Å²) in [5, 5.41) is 0. The summed E-state index contributed by atoms with van der Waals surface area (Å²) in [5.41, 5.74) is 0.486. The molecule has 0 radical (unpaired) electrons. The number of hydrogen-bond donors (Lipinski definition) is 0. The van der Waals surface area contributed by atoms with Gasteiger partial charge in [0.1, 0.15) is 4.33 Å². The predicted molar refractivity (Wildman–Crippen MR) is 113 cm³/mol. The minimum Gasteiger partial charge on any atom is -0.465 e. The number of hydrogen-bond acceptors (Lipinski definition) is 3. The van der Waals surface area contributed by atoms with Crippen molar-refractivity contribution in [2.45, 2.75) is 23.7 Å². The van der Waals surface area contributed by atoms with Crippen molar-refractivity contribution < 1.29 is 14.3 Å². The van der Waals surface area contributed by atoms with Gasteiger partial charge in [0.2, 0.25) is 0 Å². The lowest BCUT2D eigenvalue weighted by Crippen LogP contribution is -2.43. The van der Waals surface area contributed by atoms with E-state index in [1.165, 1.54) is 0 Å². The van der Waals surface area contributed by atoms with Crippen LogP contribution in [0.25, 0.3) is 0 Å². The van der Waals surface area contributed by atoms with Gasteiger partial charge in [-0.25, -0.2) is 0 Å². The molecule has 1 heterocycles. The molecule has 3 atom stereocenters. The van der Waals surface area contributed by atoms with Gasteiger partial charge >= 0.3 is 5.97 Å². The molecule has 0 saturated heterocycles. The Hall–Kier alpha value is -2.30. The van der Waals surface area contributed by atoms with Gasteiger partial charge in [-0.15, -0.1) is 0 Å². The van der Waals surface area contributed by atoms with E-state index >= 15 is 0 Å². The molecule has 1 aliphatic heterocycles. The van der Waals surface area contributed by atoms with Crippen molar-refractivity contribution in [2.24, 2.45) is 11.3 Å². The van der Waals surface area contributed by atoms with Gasteiger partial charge in [0.15, 0.2) is 0 Å². The summed E-state index contributed by atoms with van der Waals surface area (Å²) in [6, 6.07) is 18.1. The highest BCUT2D eigenvalue weighted by molar-refractivity contribution is 6.52. The largest absolute Gasteiger partial charge is 0.465 e. The number of ether oxygens (including phenoxy) is 1. The van der Waals surface area contributed by atoms with E-state index in [4.69, 9.17) is 27.9 Å². The second kappa shape index (κ2) is 7.51. The van der Waals surface area contributed by atoms with Crippen LogP contribution < -0.4 is 0 Å². The first-order valence-electron chi connectivity index (χ1n) is 9.58. The van der Waals surface area contributed by atoms with Gasteiger partial charge in [-0.1, -0.05) is 77.8 Å². The Kier molecular flexibility index (Phi) is 5.18. The van der Waals surface area contributed by atoms with Gasteiger partial charge < -0.3 is 9.64 Å². The Labute approximate surface area is 180 Å². The Morgan fingerprint density at radius 3 is 2.28 bits per heavy atom. The highest BCUT2D eigenvalue weighted by Crippen LogP contribution is 2.67. The molecule has 1 fully saturated rings. The lowest BCUT2D eigenvalue weighted by molar-refractivity contribution is -0.154. The van der Waals surface area contributed by atoms with E-state index in [9.17, 15) is 9.59 Å². The highest BCUT2D eigenvalue weighted by atomic mass is 35.5. The number of carbonyl (C=O) groups excluding carboxylic acids is 2. The summed E-state index contributed by atoms with van der Waals surface area (Å²) in [6.45, 7) is 2.02. The molecule has 29 heavy (non-hydrogen) atoms. The molecule has 1 aliphatic carbocycles. The second-order valence-electron chi connectivity index (χ2n) is 7.41. The molecule has 0 bridgehead atoms. The lowest BCUT2D eigenvalue weighted by Gasteiger charge is -2.34. The van der Waals surface area contributed by atoms with Crippen LogP contribution in [-0.2, 0) is 16.0 Å². The van der Waals surface area contributed by atoms with E-state index in [-0.39, 0.29) is 18.5 Å². The summed E-state index contributed by atoms with van der Waals surface area (Å²) >= 11 is 13.3. The third-order valence-electron chi connectivity index (χ3n) is 5.65. The fourth-order valence-corrected chi connectivity index (χ4v) is 5.21. The number of amides is 1. The minimum atomic E-state index is -1.24. The third-order valence-corrected chi connectivity index (χ3v) is 6.57. The number of carbonyl (C=O) groups is 2. The molecule has 150 valence electrons. The molecule has 0 unspecified atom stereocenters. The molecule has 4 rings (SSSR count). The maximum absolute atomic E-state index is 13.1. The highest BCUT2D eigenvalue weighted by Gasteiger charge is 2.77. The van der Waals surface area contributed by atoms with Crippen LogP contribution in [0.5, 0.6) is 0 Å². The fraction of sp³-hybridized carbons (Fsp3) is 0.304. The SMILES string of the molecule is CCOC(=O)[C@]1(Cc2ccccc2)C=CN(C(=O)c2ccccc2)[C@H]2[C@H]1C2(Cl)Cl. The fourth-order valence-electron chi connectivity index (χ4n) is 4.25. The zero-order chi connectivity index (χ0) is 20.6. The number of rotatable bonds is 5.